The fourth-order valence-electron chi connectivity index (χ4n) is 3.02. The summed E-state index contributed by atoms with van der Waals surface area (Å²) in [4.78, 5) is 17.0. The van der Waals surface area contributed by atoms with E-state index in [2.05, 4.69) is 15.2 Å². The smallest absolute Gasteiger partial charge is 0.385 e. The number of benzene rings is 1. The van der Waals surface area contributed by atoms with Crippen molar-refractivity contribution in [3.05, 3.63) is 57.1 Å². The number of nitrogens with zero attached hydrogens (tertiary/aromatic N) is 4. The Morgan fingerprint density at radius 3 is 2.37 bits per heavy atom. The third kappa shape index (κ3) is 4.42. The Kier molecular flexibility index (Phi) is 6.06. The lowest BCUT2D eigenvalue weighted by Crippen LogP contribution is -2.37. The maximum absolute atomic E-state index is 13.0. The van der Waals surface area contributed by atoms with E-state index in [9.17, 15) is 28.2 Å². The number of imidazole rings is 1. The van der Waals surface area contributed by atoms with Crippen LogP contribution in [0.5, 0.6) is 0 Å². The molecule has 2 atom stereocenters. The molecule has 0 bridgehead atoms. The van der Waals surface area contributed by atoms with Crippen LogP contribution in [0.4, 0.5) is 13.2 Å². The maximum atomic E-state index is 13.0. The van der Waals surface area contributed by atoms with Crippen LogP contribution >= 0.6 is 11.6 Å². The van der Waals surface area contributed by atoms with Gasteiger partial charge in [-0.1, -0.05) is 23.7 Å². The molecular formula is C18H19ClF3N5O3. The number of rotatable bonds is 6. The molecule has 2 aromatic heterocycles. The fraction of sp³-hybridized carbons (Fsp3) is 0.389. The van der Waals surface area contributed by atoms with Crippen LogP contribution in [-0.4, -0.2) is 46.8 Å². The highest BCUT2D eigenvalue weighted by Crippen LogP contribution is 2.27. The molecule has 3 rings (SSSR count). The third-order valence-electron chi connectivity index (χ3n) is 4.57. The zero-order valence-corrected chi connectivity index (χ0v) is 16.7. The van der Waals surface area contributed by atoms with Crippen LogP contribution in [0.25, 0.3) is 11.3 Å². The van der Waals surface area contributed by atoms with Gasteiger partial charge in [0.1, 0.15) is 6.10 Å². The van der Waals surface area contributed by atoms with Gasteiger partial charge in [0.15, 0.2) is 17.8 Å². The van der Waals surface area contributed by atoms with Gasteiger partial charge in [0.25, 0.3) is 0 Å². The summed E-state index contributed by atoms with van der Waals surface area (Å²) >= 11 is 5.89. The fourth-order valence-corrected chi connectivity index (χ4v) is 3.15. The summed E-state index contributed by atoms with van der Waals surface area (Å²) in [6.07, 6.45) is -8.51. The molecule has 0 saturated heterocycles. The lowest BCUT2D eigenvalue weighted by Gasteiger charge is -2.16. The SMILES string of the molecule is Cc1c(-c2ccc(Cl)cc2)n(C[C@H](O)C(F)(F)F)c(=O)n1Cc1n[nH]c([C@H](C)O)n1. The van der Waals surface area contributed by atoms with E-state index in [4.69, 9.17) is 11.6 Å². The monoisotopic (exact) mass is 445 g/mol. The Bertz CT molecular complexity index is 1090. The third-order valence-corrected chi connectivity index (χ3v) is 4.83. The molecule has 0 unspecified atom stereocenters. The van der Waals surface area contributed by atoms with E-state index in [1.807, 2.05) is 0 Å². The van der Waals surface area contributed by atoms with Crippen molar-refractivity contribution >= 4 is 11.6 Å². The summed E-state index contributed by atoms with van der Waals surface area (Å²) in [5.41, 5.74) is 0.275. The van der Waals surface area contributed by atoms with Crippen molar-refractivity contribution in [3.63, 3.8) is 0 Å². The Labute approximate surface area is 173 Å². The summed E-state index contributed by atoms with van der Waals surface area (Å²) in [5.74, 6) is 0.368. The van der Waals surface area contributed by atoms with Crippen molar-refractivity contribution < 1.29 is 23.4 Å². The second-order valence-corrected chi connectivity index (χ2v) is 7.23. The lowest BCUT2D eigenvalue weighted by molar-refractivity contribution is -0.207. The molecule has 2 heterocycles. The van der Waals surface area contributed by atoms with Gasteiger partial charge in [-0.3, -0.25) is 14.2 Å². The molecule has 1 aromatic carbocycles. The van der Waals surface area contributed by atoms with Crippen molar-refractivity contribution in [1.82, 2.24) is 24.3 Å². The number of aromatic amines is 1. The standard InChI is InChI=1S/C18H19ClF3N5O3/c1-9-15(11-3-5-12(19)6-4-11)27(7-13(29)18(20,21)22)17(30)26(9)8-14-23-16(10(2)28)25-24-14/h3-6,10,13,28-29H,7-8H2,1-2H3,(H,23,24,25)/t10-,13-/m0/s1. The van der Waals surface area contributed by atoms with Crippen LogP contribution in [0.2, 0.25) is 5.02 Å². The van der Waals surface area contributed by atoms with Crippen molar-refractivity contribution in [2.75, 3.05) is 0 Å². The second kappa shape index (κ2) is 8.25. The molecule has 30 heavy (non-hydrogen) atoms. The van der Waals surface area contributed by atoms with Gasteiger partial charge in [-0.15, -0.1) is 0 Å². The first-order chi connectivity index (χ1) is 14.0. The number of aliphatic hydroxyl groups excluding tert-OH is 2. The van der Waals surface area contributed by atoms with Gasteiger partial charge in [0, 0.05) is 16.3 Å². The molecule has 3 N–H and O–H groups in total. The molecule has 0 aliphatic carbocycles. The zero-order valence-electron chi connectivity index (χ0n) is 16.0. The van der Waals surface area contributed by atoms with Crippen LogP contribution in [0, 0.1) is 6.92 Å². The highest BCUT2D eigenvalue weighted by Gasteiger charge is 2.39. The Balaban J connectivity index is 2.10. The molecule has 0 radical (unpaired) electrons. The Morgan fingerprint density at radius 1 is 1.20 bits per heavy atom. The van der Waals surface area contributed by atoms with Crippen molar-refractivity contribution in [1.29, 1.82) is 0 Å². The van der Waals surface area contributed by atoms with Crippen molar-refractivity contribution in [2.45, 2.75) is 45.3 Å². The molecular weight excluding hydrogens is 427 g/mol. The maximum Gasteiger partial charge on any atom is 0.416 e. The average Bonchev–Trinajstić information content (AvgIpc) is 3.22. The zero-order chi connectivity index (χ0) is 22.2. The van der Waals surface area contributed by atoms with Crippen LogP contribution in [-0.2, 0) is 13.1 Å². The number of hydrogen-bond acceptors (Lipinski definition) is 5. The van der Waals surface area contributed by atoms with E-state index in [1.54, 1.807) is 31.2 Å². The number of nitrogens with one attached hydrogen (secondary N) is 1. The number of H-pyrrole nitrogens is 1. The van der Waals surface area contributed by atoms with Gasteiger partial charge in [-0.2, -0.15) is 18.3 Å². The molecule has 162 valence electrons. The van der Waals surface area contributed by atoms with Crippen LogP contribution in [0.15, 0.2) is 29.1 Å². The van der Waals surface area contributed by atoms with Crippen molar-refractivity contribution in [2.24, 2.45) is 0 Å². The number of hydrogen-bond donors (Lipinski definition) is 3. The van der Waals surface area contributed by atoms with Crippen LogP contribution in [0.1, 0.15) is 30.4 Å². The molecule has 0 aliphatic heterocycles. The summed E-state index contributed by atoms with van der Waals surface area (Å²) in [5, 5.41) is 26.0. The van der Waals surface area contributed by atoms with E-state index in [0.717, 1.165) is 4.57 Å². The second-order valence-electron chi connectivity index (χ2n) is 6.79. The van der Waals surface area contributed by atoms with Gasteiger partial charge in [0.2, 0.25) is 0 Å². The first-order valence-corrected chi connectivity index (χ1v) is 9.26. The number of aliphatic hydroxyl groups is 2. The van der Waals surface area contributed by atoms with E-state index >= 15 is 0 Å². The summed E-state index contributed by atoms with van der Waals surface area (Å²) in [6, 6.07) is 6.24. The minimum atomic E-state index is -4.89. The van der Waals surface area contributed by atoms with E-state index in [0.29, 0.717) is 16.3 Å². The molecule has 0 aliphatic rings. The summed E-state index contributed by atoms with van der Waals surface area (Å²) < 4.78 is 40.9. The van der Waals surface area contributed by atoms with E-state index in [1.165, 1.54) is 11.5 Å². The average molecular weight is 446 g/mol. The topological polar surface area (TPSA) is 109 Å². The predicted molar refractivity (Wildman–Crippen MR) is 102 cm³/mol. The van der Waals surface area contributed by atoms with Crippen LogP contribution < -0.4 is 5.69 Å². The van der Waals surface area contributed by atoms with Gasteiger partial charge in [-0.05, 0) is 26.0 Å². The minimum Gasteiger partial charge on any atom is -0.385 e. The number of halogens is 4. The normalized spacial score (nSPS) is 14.1. The molecule has 8 nitrogen and oxygen atoms in total. The largest absolute Gasteiger partial charge is 0.416 e. The van der Waals surface area contributed by atoms with Crippen LogP contribution in [0.3, 0.4) is 0 Å². The summed E-state index contributed by atoms with van der Waals surface area (Å²) in [6.45, 7) is 1.95. The first-order valence-electron chi connectivity index (χ1n) is 8.89. The Morgan fingerprint density at radius 2 is 1.83 bits per heavy atom. The van der Waals surface area contributed by atoms with E-state index in [-0.39, 0.29) is 23.9 Å². The highest BCUT2D eigenvalue weighted by atomic mass is 35.5. The van der Waals surface area contributed by atoms with Crippen molar-refractivity contribution in [3.8, 4) is 11.3 Å². The highest BCUT2D eigenvalue weighted by molar-refractivity contribution is 6.30. The quantitative estimate of drug-likeness (QED) is 0.540. The molecule has 0 saturated carbocycles. The molecule has 12 heteroatoms. The first kappa shape index (κ1) is 22.1. The molecule has 0 fully saturated rings. The van der Waals surface area contributed by atoms with Gasteiger partial charge in [-0.25, -0.2) is 9.78 Å². The molecule has 0 amide bonds. The lowest BCUT2D eigenvalue weighted by atomic mass is 10.1. The summed E-state index contributed by atoms with van der Waals surface area (Å²) in [7, 11) is 0. The van der Waals surface area contributed by atoms with Gasteiger partial charge in [0.05, 0.1) is 18.8 Å². The number of aromatic nitrogens is 5. The molecule has 0 spiro atoms. The number of alkyl halides is 3. The Hall–Kier alpha value is -2.63. The van der Waals surface area contributed by atoms with E-state index < -0.39 is 30.6 Å². The predicted octanol–water partition coefficient (Wildman–Crippen LogP) is 2.42. The molecule has 3 aromatic rings. The van der Waals surface area contributed by atoms with Gasteiger partial charge >= 0.3 is 11.9 Å². The van der Waals surface area contributed by atoms with Gasteiger partial charge < -0.3 is 10.2 Å². The minimum absolute atomic E-state index is 0.135.